The number of nitrogens with one attached hydrogen (secondary N) is 1. The molecule has 1 fully saturated rings. The number of piperidine rings is 1. The molecule has 1 amide bonds. The van der Waals surface area contributed by atoms with Crippen molar-refractivity contribution in [2.45, 2.75) is 37.1 Å². The SMILES string of the molecule is Cc1oc(-c2cccs2)nc1CC(=O)N1CCC(NS(=O)(=O)c2ccc(F)cc2)CC1. The average Bonchev–Trinajstić information content (AvgIpc) is 3.39. The number of likely N-dealkylation sites (tertiary alicyclic amines) is 1. The molecular formula is C21H22FN3O4S2. The second kappa shape index (κ2) is 8.89. The molecule has 0 unspecified atom stereocenters. The Kier molecular flexibility index (Phi) is 6.22. The number of benzene rings is 1. The van der Waals surface area contributed by atoms with Gasteiger partial charge in [-0.25, -0.2) is 22.5 Å². The third-order valence-electron chi connectivity index (χ3n) is 5.24. The zero-order valence-electron chi connectivity index (χ0n) is 16.9. The first-order chi connectivity index (χ1) is 14.8. The number of aryl methyl sites for hydroxylation is 1. The van der Waals surface area contributed by atoms with Gasteiger partial charge in [-0.15, -0.1) is 11.3 Å². The van der Waals surface area contributed by atoms with E-state index < -0.39 is 15.8 Å². The predicted octanol–water partition coefficient (Wildman–Crippen LogP) is 3.36. The molecule has 31 heavy (non-hydrogen) atoms. The van der Waals surface area contributed by atoms with Gasteiger partial charge in [-0.2, -0.15) is 0 Å². The molecule has 1 saturated heterocycles. The van der Waals surface area contributed by atoms with E-state index >= 15 is 0 Å². The van der Waals surface area contributed by atoms with Crippen LogP contribution < -0.4 is 4.72 Å². The van der Waals surface area contributed by atoms with E-state index in [9.17, 15) is 17.6 Å². The summed E-state index contributed by atoms with van der Waals surface area (Å²) >= 11 is 1.52. The zero-order valence-corrected chi connectivity index (χ0v) is 18.5. The van der Waals surface area contributed by atoms with Gasteiger partial charge in [-0.3, -0.25) is 4.79 Å². The van der Waals surface area contributed by atoms with Crippen LogP contribution in [0.3, 0.4) is 0 Å². The highest BCUT2D eigenvalue weighted by molar-refractivity contribution is 7.89. The number of amides is 1. The molecule has 4 rings (SSSR count). The summed E-state index contributed by atoms with van der Waals surface area (Å²) in [6.07, 6.45) is 1.15. The van der Waals surface area contributed by atoms with Crippen LogP contribution in [0.15, 0.2) is 51.1 Å². The summed E-state index contributed by atoms with van der Waals surface area (Å²) in [7, 11) is -3.73. The highest BCUT2D eigenvalue weighted by atomic mass is 32.2. The lowest BCUT2D eigenvalue weighted by molar-refractivity contribution is -0.131. The molecule has 0 spiro atoms. The number of carbonyl (C=O) groups excluding carboxylic acids is 1. The van der Waals surface area contributed by atoms with Gasteiger partial charge in [0.1, 0.15) is 11.6 Å². The van der Waals surface area contributed by atoms with Crippen molar-refractivity contribution in [2.75, 3.05) is 13.1 Å². The maximum atomic E-state index is 13.0. The van der Waals surface area contributed by atoms with Crippen LogP contribution in [0.25, 0.3) is 10.8 Å². The number of oxazole rings is 1. The van der Waals surface area contributed by atoms with Gasteiger partial charge in [0.2, 0.25) is 21.8 Å². The first-order valence-corrected chi connectivity index (χ1v) is 12.2. The van der Waals surface area contributed by atoms with Crippen molar-refractivity contribution in [1.29, 1.82) is 0 Å². The van der Waals surface area contributed by atoms with Crippen molar-refractivity contribution in [3.05, 3.63) is 59.0 Å². The third kappa shape index (κ3) is 5.03. The summed E-state index contributed by atoms with van der Waals surface area (Å²) in [5.74, 6) is 0.590. The van der Waals surface area contributed by atoms with E-state index in [1.54, 1.807) is 11.8 Å². The number of nitrogens with zero attached hydrogens (tertiary/aromatic N) is 2. The Labute approximate surface area is 184 Å². The van der Waals surface area contributed by atoms with Crippen molar-refractivity contribution in [1.82, 2.24) is 14.6 Å². The van der Waals surface area contributed by atoms with Crippen LogP contribution in [0.5, 0.6) is 0 Å². The molecule has 1 aliphatic heterocycles. The van der Waals surface area contributed by atoms with Gasteiger partial charge >= 0.3 is 0 Å². The summed E-state index contributed by atoms with van der Waals surface area (Å²) in [6, 6.07) is 8.26. The van der Waals surface area contributed by atoms with Gasteiger partial charge in [0.05, 0.1) is 21.9 Å². The van der Waals surface area contributed by atoms with Crippen molar-refractivity contribution in [3.8, 4) is 10.8 Å². The Morgan fingerprint density at radius 3 is 2.61 bits per heavy atom. The van der Waals surface area contributed by atoms with Gasteiger partial charge in [0.25, 0.3) is 0 Å². The number of hydrogen-bond acceptors (Lipinski definition) is 6. The first-order valence-electron chi connectivity index (χ1n) is 9.88. The minimum Gasteiger partial charge on any atom is -0.440 e. The molecular weight excluding hydrogens is 441 g/mol. The summed E-state index contributed by atoms with van der Waals surface area (Å²) in [5.41, 5.74) is 0.618. The second-order valence-electron chi connectivity index (χ2n) is 7.41. The van der Waals surface area contributed by atoms with E-state index in [0.29, 0.717) is 43.3 Å². The van der Waals surface area contributed by atoms with E-state index in [2.05, 4.69) is 9.71 Å². The molecule has 2 aromatic heterocycles. The van der Waals surface area contributed by atoms with Crippen LogP contribution in [-0.4, -0.2) is 43.3 Å². The Balaban J connectivity index is 1.32. The van der Waals surface area contributed by atoms with E-state index in [1.807, 2.05) is 17.5 Å². The fraction of sp³-hybridized carbons (Fsp3) is 0.333. The summed E-state index contributed by atoms with van der Waals surface area (Å²) in [5, 5.41) is 1.94. The summed E-state index contributed by atoms with van der Waals surface area (Å²) in [6.45, 7) is 2.69. The average molecular weight is 464 g/mol. The molecule has 0 aliphatic carbocycles. The topological polar surface area (TPSA) is 92.5 Å². The maximum Gasteiger partial charge on any atom is 0.240 e. The van der Waals surface area contributed by atoms with Gasteiger partial charge < -0.3 is 9.32 Å². The number of hydrogen-bond donors (Lipinski definition) is 1. The van der Waals surface area contributed by atoms with Gasteiger partial charge in [-0.1, -0.05) is 6.07 Å². The van der Waals surface area contributed by atoms with Gasteiger partial charge in [-0.05, 0) is 55.5 Å². The molecule has 0 atom stereocenters. The quantitative estimate of drug-likeness (QED) is 0.605. The number of carbonyl (C=O) groups is 1. The molecule has 164 valence electrons. The minimum absolute atomic E-state index is 0.0236. The van der Waals surface area contributed by atoms with Gasteiger partial charge in [0, 0.05) is 19.1 Å². The van der Waals surface area contributed by atoms with Crippen LogP contribution in [0.1, 0.15) is 24.3 Å². The highest BCUT2D eigenvalue weighted by Crippen LogP contribution is 2.26. The fourth-order valence-electron chi connectivity index (χ4n) is 3.50. The van der Waals surface area contributed by atoms with Crippen molar-refractivity contribution in [3.63, 3.8) is 0 Å². The van der Waals surface area contributed by atoms with Crippen molar-refractivity contribution < 1.29 is 22.0 Å². The number of thiophene rings is 1. The number of sulfonamides is 1. The molecule has 3 heterocycles. The van der Waals surface area contributed by atoms with Crippen LogP contribution in [0.2, 0.25) is 0 Å². The second-order valence-corrected chi connectivity index (χ2v) is 10.1. The molecule has 10 heteroatoms. The summed E-state index contributed by atoms with van der Waals surface area (Å²) < 4.78 is 46.3. The minimum atomic E-state index is -3.73. The Morgan fingerprint density at radius 2 is 1.97 bits per heavy atom. The van der Waals surface area contributed by atoms with Gasteiger partial charge in [0.15, 0.2) is 0 Å². The normalized spacial score (nSPS) is 15.4. The lowest BCUT2D eigenvalue weighted by Crippen LogP contribution is -2.46. The van der Waals surface area contributed by atoms with Crippen molar-refractivity contribution in [2.24, 2.45) is 0 Å². The fourth-order valence-corrected chi connectivity index (χ4v) is 5.45. The van der Waals surface area contributed by atoms with Crippen LogP contribution in [0, 0.1) is 12.7 Å². The van der Waals surface area contributed by atoms with E-state index in [4.69, 9.17) is 4.42 Å². The Hall–Kier alpha value is -2.56. The molecule has 3 aromatic rings. The molecule has 0 bridgehead atoms. The molecule has 7 nitrogen and oxygen atoms in total. The lowest BCUT2D eigenvalue weighted by atomic mass is 10.1. The Bertz CT molecular complexity index is 1150. The first kappa shape index (κ1) is 21.7. The van der Waals surface area contributed by atoms with Crippen LogP contribution >= 0.6 is 11.3 Å². The number of rotatable bonds is 6. The third-order valence-corrected chi connectivity index (χ3v) is 7.63. The lowest BCUT2D eigenvalue weighted by Gasteiger charge is -2.32. The highest BCUT2D eigenvalue weighted by Gasteiger charge is 2.27. The number of halogens is 1. The summed E-state index contributed by atoms with van der Waals surface area (Å²) in [4.78, 5) is 19.9. The molecule has 1 N–H and O–H groups in total. The molecule has 0 radical (unpaired) electrons. The maximum absolute atomic E-state index is 13.0. The van der Waals surface area contributed by atoms with Crippen LogP contribution in [0.4, 0.5) is 4.39 Å². The molecule has 1 aromatic carbocycles. The molecule has 1 aliphatic rings. The zero-order chi connectivity index (χ0) is 22.0. The van der Waals surface area contributed by atoms with Crippen molar-refractivity contribution >= 4 is 27.3 Å². The van der Waals surface area contributed by atoms with E-state index in [1.165, 1.54) is 23.5 Å². The predicted molar refractivity (Wildman–Crippen MR) is 115 cm³/mol. The standard InChI is InChI=1S/C21H22FN3O4S2/c1-14-18(23-21(29-14)19-3-2-12-30-19)13-20(26)25-10-8-16(9-11-25)24-31(27,28)17-6-4-15(22)5-7-17/h2-7,12,16,24H,8-11,13H2,1H3. The van der Waals surface area contributed by atoms with E-state index in [0.717, 1.165) is 17.0 Å². The van der Waals surface area contributed by atoms with E-state index in [-0.39, 0.29) is 23.3 Å². The monoisotopic (exact) mass is 463 g/mol. The molecule has 0 saturated carbocycles. The van der Waals surface area contributed by atoms with Crippen LogP contribution in [-0.2, 0) is 21.2 Å². The smallest absolute Gasteiger partial charge is 0.240 e. The number of aromatic nitrogens is 1. The Morgan fingerprint density at radius 1 is 1.26 bits per heavy atom. The largest absolute Gasteiger partial charge is 0.440 e.